The molecule has 1 fully saturated rings. The molecule has 6 heteroatoms. The van der Waals surface area contributed by atoms with Gasteiger partial charge < -0.3 is 20.3 Å². The van der Waals surface area contributed by atoms with Crippen molar-refractivity contribution in [3.8, 4) is 5.75 Å². The molecular weight excluding hydrogens is 330 g/mol. The molecule has 26 heavy (non-hydrogen) atoms. The first kappa shape index (κ1) is 16.4. The van der Waals surface area contributed by atoms with Crippen LogP contribution in [0.4, 0.5) is 11.4 Å². The maximum atomic E-state index is 12.7. The zero-order chi connectivity index (χ0) is 18.1. The summed E-state index contributed by atoms with van der Waals surface area (Å²) < 4.78 is 5.55. The molecule has 6 nitrogen and oxygen atoms in total. The minimum atomic E-state index is -0.252. The van der Waals surface area contributed by atoms with Crippen molar-refractivity contribution in [1.29, 1.82) is 0 Å². The highest BCUT2D eigenvalue weighted by Gasteiger charge is 2.41. The van der Waals surface area contributed by atoms with E-state index in [9.17, 15) is 9.59 Å². The van der Waals surface area contributed by atoms with E-state index in [2.05, 4.69) is 15.5 Å². The van der Waals surface area contributed by atoms with Crippen LogP contribution in [-0.2, 0) is 4.79 Å². The van der Waals surface area contributed by atoms with Gasteiger partial charge in [0.25, 0.3) is 5.91 Å². The van der Waals surface area contributed by atoms with Gasteiger partial charge in [-0.1, -0.05) is 24.3 Å². The zero-order valence-corrected chi connectivity index (χ0v) is 14.6. The Balaban J connectivity index is 1.52. The number of amides is 2. The average Bonchev–Trinajstić information content (AvgIpc) is 3.07. The molecule has 0 saturated carbocycles. The fraction of sp³-hybridized carbons (Fsp3) is 0.300. The van der Waals surface area contributed by atoms with Crippen LogP contribution in [0.5, 0.6) is 5.75 Å². The summed E-state index contributed by atoms with van der Waals surface area (Å²) in [6.07, 6.45) is 0.586. The molecule has 1 saturated heterocycles. The van der Waals surface area contributed by atoms with E-state index in [1.807, 2.05) is 43.3 Å². The number of carbonyl (C=O) groups excluding carboxylic acids is 2. The smallest absolute Gasteiger partial charge is 0.255 e. The summed E-state index contributed by atoms with van der Waals surface area (Å²) in [6, 6.07) is 14.6. The molecule has 2 atom stereocenters. The van der Waals surface area contributed by atoms with E-state index in [1.165, 1.54) is 0 Å². The Kier molecular flexibility index (Phi) is 4.24. The highest BCUT2D eigenvalue weighted by molar-refractivity contribution is 6.04. The molecular formula is C20H21N3O3. The summed E-state index contributed by atoms with van der Waals surface area (Å²) in [5, 5.41) is 6.01. The predicted molar refractivity (Wildman–Crippen MR) is 99.7 cm³/mol. The van der Waals surface area contributed by atoms with Crippen molar-refractivity contribution in [3.05, 3.63) is 54.1 Å². The number of nitrogens with zero attached hydrogens (tertiary/aromatic N) is 1. The molecule has 2 amide bonds. The SMILES string of the molecule is CCOc1ccccc1C(=O)NC1CC2C(=O)Nc3ccccc3N2C1. The van der Waals surface area contributed by atoms with Gasteiger partial charge in [0.15, 0.2) is 0 Å². The summed E-state index contributed by atoms with van der Waals surface area (Å²) in [7, 11) is 0. The van der Waals surface area contributed by atoms with Gasteiger partial charge in [-0.05, 0) is 37.6 Å². The summed E-state index contributed by atoms with van der Waals surface area (Å²) in [6.45, 7) is 3.00. The van der Waals surface area contributed by atoms with E-state index >= 15 is 0 Å². The van der Waals surface area contributed by atoms with E-state index in [4.69, 9.17) is 4.74 Å². The largest absolute Gasteiger partial charge is 0.493 e. The molecule has 2 heterocycles. The van der Waals surface area contributed by atoms with Gasteiger partial charge >= 0.3 is 0 Å². The standard InChI is InChI=1S/C20H21N3O3/c1-2-26-18-10-6-3-7-14(18)19(24)21-13-11-17-20(25)22-15-8-4-5-9-16(15)23(17)12-13/h3-10,13,17H,2,11-12H2,1H3,(H,21,24)(H,22,25). The number of rotatable bonds is 4. The van der Waals surface area contributed by atoms with Crippen LogP contribution in [0.1, 0.15) is 23.7 Å². The first-order chi connectivity index (χ1) is 12.7. The fourth-order valence-corrected chi connectivity index (χ4v) is 3.70. The summed E-state index contributed by atoms with van der Waals surface area (Å²) in [5.74, 6) is 0.383. The van der Waals surface area contributed by atoms with Crippen LogP contribution in [-0.4, -0.2) is 37.0 Å². The van der Waals surface area contributed by atoms with E-state index in [1.54, 1.807) is 12.1 Å². The lowest BCUT2D eigenvalue weighted by atomic mass is 10.1. The van der Waals surface area contributed by atoms with Crippen molar-refractivity contribution in [3.63, 3.8) is 0 Å². The predicted octanol–water partition coefficient (Wildman–Crippen LogP) is 2.41. The lowest BCUT2D eigenvalue weighted by Crippen LogP contribution is -2.44. The Morgan fingerprint density at radius 1 is 1.23 bits per heavy atom. The van der Waals surface area contributed by atoms with Gasteiger partial charge in [0.1, 0.15) is 11.8 Å². The number of benzene rings is 2. The van der Waals surface area contributed by atoms with Crippen molar-refractivity contribution >= 4 is 23.2 Å². The van der Waals surface area contributed by atoms with Crippen molar-refractivity contribution in [1.82, 2.24) is 5.32 Å². The number of ether oxygens (including phenoxy) is 1. The third-order valence-corrected chi connectivity index (χ3v) is 4.84. The molecule has 4 rings (SSSR count). The van der Waals surface area contributed by atoms with Crippen molar-refractivity contribution in [2.45, 2.75) is 25.4 Å². The first-order valence-electron chi connectivity index (χ1n) is 8.86. The maximum absolute atomic E-state index is 12.7. The summed E-state index contributed by atoms with van der Waals surface area (Å²) >= 11 is 0. The summed E-state index contributed by atoms with van der Waals surface area (Å²) in [4.78, 5) is 27.2. The number of hydrogen-bond donors (Lipinski definition) is 2. The molecule has 2 aliphatic heterocycles. The van der Waals surface area contributed by atoms with Gasteiger partial charge in [0.2, 0.25) is 5.91 Å². The minimum Gasteiger partial charge on any atom is -0.493 e. The molecule has 2 aromatic rings. The van der Waals surface area contributed by atoms with Gasteiger partial charge in [-0.15, -0.1) is 0 Å². The normalized spacial score (nSPS) is 20.8. The molecule has 2 aromatic carbocycles. The number of nitrogens with one attached hydrogen (secondary N) is 2. The van der Waals surface area contributed by atoms with E-state index in [0.717, 1.165) is 11.4 Å². The molecule has 0 spiro atoms. The molecule has 2 aliphatic rings. The third kappa shape index (κ3) is 2.87. The Hall–Kier alpha value is -3.02. The quantitative estimate of drug-likeness (QED) is 0.887. The van der Waals surface area contributed by atoms with Crippen LogP contribution in [0, 0.1) is 0 Å². The van der Waals surface area contributed by atoms with Crippen LogP contribution >= 0.6 is 0 Å². The number of hydrogen-bond acceptors (Lipinski definition) is 4. The first-order valence-corrected chi connectivity index (χ1v) is 8.86. The Labute approximate surface area is 152 Å². The third-order valence-electron chi connectivity index (χ3n) is 4.84. The fourth-order valence-electron chi connectivity index (χ4n) is 3.70. The number of anilines is 2. The second kappa shape index (κ2) is 6.71. The van der Waals surface area contributed by atoms with E-state index in [0.29, 0.717) is 30.9 Å². The summed E-state index contributed by atoms with van der Waals surface area (Å²) in [5.41, 5.74) is 2.34. The monoisotopic (exact) mass is 351 g/mol. The minimum absolute atomic E-state index is 0.0184. The van der Waals surface area contributed by atoms with Crippen molar-refractivity contribution in [2.75, 3.05) is 23.4 Å². The van der Waals surface area contributed by atoms with Crippen LogP contribution in [0.15, 0.2) is 48.5 Å². The highest BCUT2D eigenvalue weighted by Crippen LogP contribution is 2.36. The number of carbonyl (C=O) groups is 2. The van der Waals surface area contributed by atoms with Gasteiger partial charge in [0.05, 0.1) is 23.5 Å². The van der Waals surface area contributed by atoms with Crippen LogP contribution in [0.25, 0.3) is 0 Å². The topological polar surface area (TPSA) is 70.7 Å². The van der Waals surface area contributed by atoms with Crippen LogP contribution in [0.2, 0.25) is 0 Å². The van der Waals surface area contributed by atoms with Gasteiger partial charge in [-0.3, -0.25) is 9.59 Å². The van der Waals surface area contributed by atoms with Crippen LogP contribution in [0.3, 0.4) is 0 Å². The van der Waals surface area contributed by atoms with Crippen LogP contribution < -0.4 is 20.3 Å². The molecule has 0 bridgehead atoms. The number of fused-ring (bicyclic) bond motifs is 3. The van der Waals surface area contributed by atoms with Gasteiger partial charge in [-0.25, -0.2) is 0 Å². The number of para-hydroxylation sites is 3. The van der Waals surface area contributed by atoms with Gasteiger partial charge in [-0.2, -0.15) is 0 Å². The molecule has 0 aromatic heterocycles. The Bertz CT molecular complexity index is 852. The molecule has 0 radical (unpaired) electrons. The molecule has 0 aliphatic carbocycles. The van der Waals surface area contributed by atoms with E-state index < -0.39 is 0 Å². The van der Waals surface area contributed by atoms with Crippen molar-refractivity contribution in [2.24, 2.45) is 0 Å². The molecule has 2 N–H and O–H groups in total. The Morgan fingerprint density at radius 3 is 2.85 bits per heavy atom. The maximum Gasteiger partial charge on any atom is 0.255 e. The Morgan fingerprint density at radius 2 is 2.00 bits per heavy atom. The zero-order valence-electron chi connectivity index (χ0n) is 14.6. The lowest BCUT2D eigenvalue weighted by molar-refractivity contribution is -0.117. The lowest BCUT2D eigenvalue weighted by Gasteiger charge is -2.32. The van der Waals surface area contributed by atoms with Crippen molar-refractivity contribution < 1.29 is 14.3 Å². The average molecular weight is 351 g/mol. The molecule has 134 valence electrons. The highest BCUT2D eigenvalue weighted by atomic mass is 16.5. The van der Waals surface area contributed by atoms with Gasteiger partial charge in [0, 0.05) is 12.6 Å². The second-order valence-corrected chi connectivity index (χ2v) is 6.51. The molecule has 2 unspecified atom stereocenters. The second-order valence-electron chi connectivity index (χ2n) is 6.51. The van der Waals surface area contributed by atoms with E-state index in [-0.39, 0.29) is 23.9 Å².